The third-order valence-electron chi connectivity index (χ3n) is 5.74. The van der Waals surface area contributed by atoms with Crippen LogP contribution in [0.25, 0.3) is 0 Å². The van der Waals surface area contributed by atoms with Gasteiger partial charge in [-0.05, 0) is 90.6 Å². The van der Waals surface area contributed by atoms with E-state index in [-0.39, 0.29) is 24.0 Å². The molecular weight excluding hydrogens is 449 g/mol. The molecule has 27 heavy (non-hydrogen) atoms. The Balaban J connectivity index is 0.00000364. The summed E-state index contributed by atoms with van der Waals surface area (Å²) in [5.41, 5.74) is 0. The Kier molecular flexibility index (Phi) is 14.6. The maximum atomic E-state index is 4.87. The molecule has 0 amide bonds. The van der Waals surface area contributed by atoms with E-state index in [1.807, 2.05) is 0 Å². The lowest BCUT2D eigenvalue weighted by atomic mass is 9.97. The van der Waals surface area contributed by atoms with Crippen LogP contribution in [0.5, 0.6) is 0 Å². The van der Waals surface area contributed by atoms with E-state index in [0.29, 0.717) is 0 Å². The zero-order valence-electron chi connectivity index (χ0n) is 17.8. The third-order valence-corrected chi connectivity index (χ3v) is 5.74. The molecule has 2 heterocycles. The van der Waals surface area contributed by atoms with E-state index < -0.39 is 0 Å². The largest absolute Gasteiger partial charge is 0.357 e. The second kappa shape index (κ2) is 15.8. The highest BCUT2D eigenvalue weighted by Crippen LogP contribution is 2.17. The minimum atomic E-state index is 0. The summed E-state index contributed by atoms with van der Waals surface area (Å²) < 4.78 is 0. The summed E-state index contributed by atoms with van der Waals surface area (Å²) in [6, 6.07) is 0. The van der Waals surface area contributed by atoms with E-state index in [1.54, 1.807) is 0 Å². The van der Waals surface area contributed by atoms with Crippen molar-refractivity contribution in [1.82, 2.24) is 20.4 Å². The number of likely N-dealkylation sites (tertiary alicyclic amines) is 2. The van der Waals surface area contributed by atoms with Gasteiger partial charge in [0.05, 0.1) is 0 Å². The molecule has 5 nitrogen and oxygen atoms in total. The summed E-state index contributed by atoms with van der Waals surface area (Å²) in [6.07, 6.45) is 10.7. The van der Waals surface area contributed by atoms with Gasteiger partial charge in [0.25, 0.3) is 0 Å². The van der Waals surface area contributed by atoms with Crippen LogP contribution in [0.3, 0.4) is 0 Å². The molecule has 0 bridgehead atoms. The van der Waals surface area contributed by atoms with Crippen molar-refractivity contribution in [1.29, 1.82) is 0 Å². The molecule has 0 aliphatic carbocycles. The lowest BCUT2D eigenvalue weighted by Gasteiger charge is -2.31. The zero-order valence-corrected chi connectivity index (χ0v) is 20.2. The van der Waals surface area contributed by atoms with E-state index in [4.69, 9.17) is 4.99 Å². The summed E-state index contributed by atoms with van der Waals surface area (Å²) in [5, 5.41) is 6.96. The third kappa shape index (κ3) is 10.9. The van der Waals surface area contributed by atoms with Crippen LogP contribution in [0, 0.1) is 5.92 Å². The van der Waals surface area contributed by atoms with Crippen LogP contribution in [0.15, 0.2) is 4.99 Å². The fraction of sp³-hybridized carbons (Fsp3) is 0.952. The quantitative estimate of drug-likeness (QED) is 0.223. The van der Waals surface area contributed by atoms with Crippen LogP contribution >= 0.6 is 24.0 Å². The molecule has 2 saturated heterocycles. The molecular formula is C21H44IN5. The van der Waals surface area contributed by atoms with Crippen molar-refractivity contribution < 1.29 is 0 Å². The first-order valence-corrected chi connectivity index (χ1v) is 11.3. The van der Waals surface area contributed by atoms with Crippen molar-refractivity contribution >= 4 is 29.9 Å². The summed E-state index contributed by atoms with van der Waals surface area (Å²) >= 11 is 0. The molecule has 0 unspecified atom stereocenters. The van der Waals surface area contributed by atoms with Gasteiger partial charge in [0.15, 0.2) is 5.96 Å². The van der Waals surface area contributed by atoms with Crippen molar-refractivity contribution in [2.45, 2.75) is 65.2 Å². The predicted molar refractivity (Wildman–Crippen MR) is 128 cm³/mol. The first kappa shape index (κ1) is 25.0. The van der Waals surface area contributed by atoms with E-state index in [9.17, 15) is 0 Å². The van der Waals surface area contributed by atoms with E-state index in [0.717, 1.165) is 31.5 Å². The summed E-state index contributed by atoms with van der Waals surface area (Å²) in [5.74, 6) is 1.77. The van der Waals surface area contributed by atoms with E-state index in [2.05, 4.69) is 34.3 Å². The molecule has 0 radical (unpaired) electrons. The van der Waals surface area contributed by atoms with Crippen LogP contribution in [-0.2, 0) is 0 Å². The normalized spacial score (nSPS) is 20.7. The van der Waals surface area contributed by atoms with Crippen molar-refractivity contribution in [2.24, 2.45) is 10.9 Å². The van der Waals surface area contributed by atoms with Crippen LogP contribution in [0.2, 0.25) is 0 Å². The SMILES string of the molecule is CCCN1CCC(CN=C(NCC)NCCCN2CCCCCC2)CC1.I. The van der Waals surface area contributed by atoms with Gasteiger partial charge in [-0.1, -0.05) is 19.8 Å². The highest BCUT2D eigenvalue weighted by Gasteiger charge is 2.18. The fourth-order valence-electron chi connectivity index (χ4n) is 4.14. The highest BCUT2D eigenvalue weighted by molar-refractivity contribution is 14.0. The maximum absolute atomic E-state index is 4.87. The molecule has 2 fully saturated rings. The first-order chi connectivity index (χ1) is 12.8. The van der Waals surface area contributed by atoms with Crippen LogP contribution in [0.4, 0.5) is 0 Å². The first-order valence-electron chi connectivity index (χ1n) is 11.3. The van der Waals surface area contributed by atoms with Gasteiger partial charge in [-0.25, -0.2) is 0 Å². The van der Waals surface area contributed by atoms with Crippen molar-refractivity contribution in [2.75, 3.05) is 58.9 Å². The lowest BCUT2D eigenvalue weighted by molar-refractivity contribution is 0.188. The Hall–Kier alpha value is -0.0800. The van der Waals surface area contributed by atoms with Gasteiger partial charge in [-0.2, -0.15) is 0 Å². The van der Waals surface area contributed by atoms with Crippen molar-refractivity contribution in [3.05, 3.63) is 0 Å². The smallest absolute Gasteiger partial charge is 0.191 e. The molecule has 0 aromatic rings. The summed E-state index contributed by atoms with van der Waals surface area (Å²) in [4.78, 5) is 10.1. The number of halogens is 1. The number of rotatable bonds is 9. The molecule has 2 aliphatic rings. The number of hydrogen-bond acceptors (Lipinski definition) is 3. The molecule has 0 saturated carbocycles. The highest BCUT2D eigenvalue weighted by atomic mass is 127. The average molecular weight is 494 g/mol. The van der Waals surface area contributed by atoms with Gasteiger partial charge < -0.3 is 20.4 Å². The van der Waals surface area contributed by atoms with Gasteiger partial charge in [0.1, 0.15) is 0 Å². The van der Waals surface area contributed by atoms with Crippen molar-refractivity contribution in [3.63, 3.8) is 0 Å². The summed E-state index contributed by atoms with van der Waals surface area (Å²) in [6.45, 7) is 15.0. The van der Waals surface area contributed by atoms with Gasteiger partial charge >= 0.3 is 0 Å². The van der Waals surface area contributed by atoms with Gasteiger partial charge in [-0.3, -0.25) is 4.99 Å². The molecule has 0 aromatic heterocycles. The Bertz CT molecular complexity index is 375. The molecule has 2 aliphatic heterocycles. The number of hydrogen-bond donors (Lipinski definition) is 2. The minimum absolute atomic E-state index is 0. The molecule has 6 heteroatoms. The zero-order chi connectivity index (χ0) is 18.5. The topological polar surface area (TPSA) is 42.9 Å². The van der Waals surface area contributed by atoms with Gasteiger partial charge in [0.2, 0.25) is 0 Å². The van der Waals surface area contributed by atoms with E-state index in [1.165, 1.54) is 90.6 Å². The van der Waals surface area contributed by atoms with Crippen LogP contribution < -0.4 is 10.6 Å². The molecule has 160 valence electrons. The number of aliphatic imine (C=N–C) groups is 1. The number of nitrogens with zero attached hydrogens (tertiary/aromatic N) is 3. The average Bonchev–Trinajstić information content (AvgIpc) is 2.93. The number of nitrogens with one attached hydrogen (secondary N) is 2. The monoisotopic (exact) mass is 493 g/mol. The van der Waals surface area contributed by atoms with Crippen molar-refractivity contribution in [3.8, 4) is 0 Å². The second-order valence-corrected chi connectivity index (χ2v) is 8.04. The number of guanidine groups is 1. The standard InChI is InChI=1S/C21H43N5.HI/c1-3-13-25-17-10-20(11-18-25)19-24-21(22-4-2)23-12-9-16-26-14-7-5-6-8-15-26;/h20H,3-19H2,1-2H3,(H2,22,23,24);1H. The van der Waals surface area contributed by atoms with Crippen LogP contribution in [0.1, 0.15) is 65.2 Å². The Labute approximate surface area is 185 Å². The van der Waals surface area contributed by atoms with Gasteiger partial charge in [-0.15, -0.1) is 24.0 Å². The van der Waals surface area contributed by atoms with E-state index >= 15 is 0 Å². The van der Waals surface area contributed by atoms with Crippen LogP contribution in [-0.4, -0.2) is 74.7 Å². The molecule has 0 aromatic carbocycles. The maximum Gasteiger partial charge on any atom is 0.191 e. The molecule has 0 atom stereocenters. The fourth-order valence-corrected chi connectivity index (χ4v) is 4.14. The lowest BCUT2D eigenvalue weighted by Crippen LogP contribution is -2.40. The predicted octanol–water partition coefficient (Wildman–Crippen LogP) is 3.55. The second-order valence-electron chi connectivity index (χ2n) is 8.04. The minimum Gasteiger partial charge on any atom is -0.357 e. The summed E-state index contributed by atoms with van der Waals surface area (Å²) in [7, 11) is 0. The van der Waals surface area contributed by atoms with Gasteiger partial charge in [0, 0.05) is 19.6 Å². The number of piperidine rings is 1. The molecule has 2 N–H and O–H groups in total. The molecule has 2 rings (SSSR count). The molecule has 0 spiro atoms. The Morgan fingerprint density at radius 3 is 2.19 bits per heavy atom. The Morgan fingerprint density at radius 2 is 1.56 bits per heavy atom. The Morgan fingerprint density at radius 1 is 0.889 bits per heavy atom.